The standard InChI is InChI=1S/C12H21N3O3/c1-5-11-10(7-15(3)13-11)12(17)14(2)6-9(16)8-18-4/h7,9,16H,5-6,8H2,1-4H3. The maximum Gasteiger partial charge on any atom is 0.257 e. The van der Waals surface area contributed by atoms with Gasteiger partial charge in [-0.3, -0.25) is 9.48 Å². The first-order chi connectivity index (χ1) is 8.49. The highest BCUT2D eigenvalue weighted by Crippen LogP contribution is 2.10. The number of rotatable bonds is 6. The van der Waals surface area contributed by atoms with Crippen LogP contribution in [0.4, 0.5) is 0 Å². The summed E-state index contributed by atoms with van der Waals surface area (Å²) in [4.78, 5) is 13.7. The fourth-order valence-corrected chi connectivity index (χ4v) is 1.82. The van der Waals surface area contributed by atoms with E-state index in [0.29, 0.717) is 12.0 Å². The van der Waals surface area contributed by atoms with Gasteiger partial charge in [-0.15, -0.1) is 0 Å². The van der Waals surface area contributed by atoms with Crippen molar-refractivity contribution in [3.05, 3.63) is 17.5 Å². The van der Waals surface area contributed by atoms with E-state index in [1.54, 1.807) is 25.0 Å². The highest BCUT2D eigenvalue weighted by molar-refractivity contribution is 5.95. The number of ether oxygens (including phenoxy) is 1. The van der Waals surface area contributed by atoms with Gasteiger partial charge in [0.15, 0.2) is 0 Å². The van der Waals surface area contributed by atoms with E-state index in [4.69, 9.17) is 4.74 Å². The molecule has 1 atom stereocenters. The van der Waals surface area contributed by atoms with Crippen molar-refractivity contribution in [2.45, 2.75) is 19.4 Å². The molecule has 102 valence electrons. The SMILES string of the molecule is CCc1nn(C)cc1C(=O)N(C)CC(O)COC. The second-order valence-electron chi connectivity index (χ2n) is 4.31. The van der Waals surface area contributed by atoms with E-state index < -0.39 is 6.10 Å². The van der Waals surface area contributed by atoms with Gasteiger partial charge in [-0.1, -0.05) is 6.92 Å². The first kappa shape index (κ1) is 14.7. The second kappa shape index (κ2) is 6.51. The molecule has 0 aliphatic carbocycles. The fourth-order valence-electron chi connectivity index (χ4n) is 1.82. The summed E-state index contributed by atoms with van der Waals surface area (Å²) in [6.45, 7) is 2.41. The first-order valence-electron chi connectivity index (χ1n) is 5.94. The van der Waals surface area contributed by atoms with E-state index in [2.05, 4.69) is 5.10 Å². The molecule has 1 aromatic heterocycles. The Morgan fingerprint density at radius 3 is 2.89 bits per heavy atom. The van der Waals surface area contributed by atoms with Gasteiger partial charge in [0.1, 0.15) is 0 Å². The number of aryl methyl sites for hydroxylation is 2. The summed E-state index contributed by atoms with van der Waals surface area (Å²) in [6.07, 6.45) is 1.74. The van der Waals surface area contributed by atoms with Gasteiger partial charge in [-0.2, -0.15) is 5.10 Å². The Balaban J connectivity index is 2.73. The minimum Gasteiger partial charge on any atom is -0.389 e. The Kier molecular flexibility index (Phi) is 5.30. The van der Waals surface area contributed by atoms with Crippen LogP contribution in [0.3, 0.4) is 0 Å². The molecule has 18 heavy (non-hydrogen) atoms. The average Bonchev–Trinajstić information content (AvgIpc) is 2.69. The number of carbonyl (C=O) groups excluding carboxylic acids is 1. The third-order valence-electron chi connectivity index (χ3n) is 2.66. The van der Waals surface area contributed by atoms with Crippen molar-refractivity contribution in [2.75, 3.05) is 27.3 Å². The topological polar surface area (TPSA) is 67.6 Å². The Morgan fingerprint density at radius 1 is 1.67 bits per heavy atom. The molecule has 6 heteroatoms. The zero-order chi connectivity index (χ0) is 13.7. The van der Waals surface area contributed by atoms with Crippen LogP contribution in [0.25, 0.3) is 0 Å². The van der Waals surface area contributed by atoms with Gasteiger partial charge >= 0.3 is 0 Å². The number of nitrogens with zero attached hydrogens (tertiary/aromatic N) is 3. The summed E-state index contributed by atoms with van der Waals surface area (Å²) < 4.78 is 6.46. The molecule has 0 saturated carbocycles. The molecule has 1 heterocycles. The van der Waals surface area contributed by atoms with Crippen LogP contribution in [0, 0.1) is 0 Å². The van der Waals surface area contributed by atoms with Crippen LogP contribution in [0.2, 0.25) is 0 Å². The molecule has 6 nitrogen and oxygen atoms in total. The van der Waals surface area contributed by atoms with Gasteiger partial charge in [0.25, 0.3) is 5.91 Å². The molecule has 0 radical (unpaired) electrons. The smallest absolute Gasteiger partial charge is 0.257 e. The number of hydrogen-bond acceptors (Lipinski definition) is 4. The Hall–Kier alpha value is -1.40. The summed E-state index contributed by atoms with van der Waals surface area (Å²) in [6, 6.07) is 0. The van der Waals surface area contributed by atoms with E-state index in [9.17, 15) is 9.90 Å². The lowest BCUT2D eigenvalue weighted by molar-refractivity contribution is 0.0380. The predicted molar refractivity (Wildman–Crippen MR) is 67.4 cm³/mol. The molecular weight excluding hydrogens is 234 g/mol. The summed E-state index contributed by atoms with van der Waals surface area (Å²) in [7, 11) is 4.96. The second-order valence-corrected chi connectivity index (χ2v) is 4.31. The molecule has 0 spiro atoms. The number of aliphatic hydroxyl groups is 1. The average molecular weight is 255 g/mol. The maximum atomic E-state index is 12.2. The van der Waals surface area contributed by atoms with Crippen molar-refractivity contribution in [1.82, 2.24) is 14.7 Å². The summed E-state index contributed by atoms with van der Waals surface area (Å²) >= 11 is 0. The fraction of sp³-hybridized carbons (Fsp3) is 0.667. The van der Waals surface area contributed by atoms with E-state index in [0.717, 1.165) is 5.69 Å². The summed E-state index contributed by atoms with van der Waals surface area (Å²) in [5.41, 5.74) is 1.36. The van der Waals surface area contributed by atoms with Crippen LogP contribution >= 0.6 is 0 Å². The van der Waals surface area contributed by atoms with Crippen molar-refractivity contribution >= 4 is 5.91 Å². The largest absolute Gasteiger partial charge is 0.389 e. The number of aromatic nitrogens is 2. The van der Waals surface area contributed by atoms with Crippen LogP contribution in [-0.2, 0) is 18.2 Å². The number of carbonyl (C=O) groups is 1. The highest BCUT2D eigenvalue weighted by atomic mass is 16.5. The predicted octanol–water partition coefficient (Wildman–Crippen LogP) is 0.0618. The molecule has 1 amide bonds. The van der Waals surface area contributed by atoms with Gasteiger partial charge in [0.05, 0.1) is 24.0 Å². The lowest BCUT2D eigenvalue weighted by Crippen LogP contribution is -2.36. The molecule has 1 N–H and O–H groups in total. The van der Waals surface area contributed by atoms with Crippen molar-refractivity contribution in [2.24, 2.45) is 7.05 Å². The zero-order valence-corrected chi connectivity index (χ0v) is 11.4. The summed E-state index contributed by atoms with van der Waals surface area (Å²) in [5.74, 6) is -0.130. The third-order valence-corrected chi connectivity index (χ3v) is 2.66. The number of hydrogen-bond donors (Lipinski definition) is 1. The molecule has 1 unspecified atom stereocenters. The first-order valence-corrected chi connectivity index (χ1v) is 5.94. The van der Waals surface area contributed by atoms with Crippen LogP contribution in [0.15, 0.2) is 6.20 Å². The van der Waals surface area contributed by atoms with Gasteiger partial charge in [-0.25, -0.2) is 0 Å². The van der Waals surface area contributed by atoms with E-state index in [1.165, 1.54) is 12.0 Å². The van der Waals surface area contributed by atoms with Gasteiger partial charge in [0, 0.05) is 33.9 Å². The molecular formula is C12H21N3O3. The minimum atomic E-state index is -0.675. The Labute approximate surface area is 107 Å². The van der Waals surface area contributed by atoms with Crippen molar-refractivity contribution < 1.29 is 14.6 Å². The molecule has 1 aromatic rings. The van der Waals surface area contributed by atoms with Gasteiger partial charge in [0.2, 0.25) is 0 Å². The molecule has 1 rings (SSSR count). The van der Waals surface area contributed by atoms with Crippen LogP contribution in [0.1, 0.15) is 23.0 Å². The monoisotopic (exact) mass is 255 g/mol. The van der Waals surface area contributed by atoms with Crippen LogP contribution < -0.4 is 0 Å². The third kappa shape index (κ3) is 3.54. The number of likely N-dealkylation sites (N-methyl/N-ethyl adjacent to an activating group) is 1. The van der Waals surface area contributed by atoms with E-state index in [-0.39, 0.29) is 19.1 Å². The molecule has 0 fully saturated rings. The van der Waals surface area contributed by atoms with Crippen LogP contribution in [-0.4, -0.2) is 59.1 Å². The molecule has 0 aliphatic rings. The van der Waals surface area contributed by atoms with Crippen LogP contribution in [0.5, 0.6) is 0 Å². The maximum absolute atomic E-state index is 12.2. The molecule has 0 saturated heterocycles. The molecule has 0 bridgehead atoms. The van der Waals surface area contributed by atoms with E-state index >= 15 is 0 Å². The number of methoxy groups -OCH3 is 1. The Bertz CT molecular complexity index is 403. The zero-order valence-electron chi connectivity index (χ0n) is 11.4. The Morgan fingerprint density at radius 2 is 2.33 bits per heavy atom. The lowest BCUT2D eigenvalue weighted by atomic mass is 10.2. The quantitative estimate of drug-likeness (QED) is 0.780. The van der Waals surface area contributed by atoms with Crippen molar-refractivity contribution in [3.63, 3.8) is 0 Å². The van der Waals surface area contributed by atoms with Crippen molar-refractivity contribution in [3.8, 4) is 0 Å². The number of amides is 1. The highest BCUT2D eigenvalue weighted by Gasteiger charge is 2.20. The van der Waals surface area contributed by atoms with E-state index in [1.807, 2.05) is 6.92 Å². The van der Waals surface area contributed by atoms with Gasteiger partial charge in [-0.05, 0) is 6.42 Å². The molecule has 0 aliphatic heterocycles. The van der Waals surface area contributed by atoms with Gasteiger partial charge < -0.3 is 14.7 Å². The summed E-state index contributed by atoms with van der Waals surface area (Å²) in [5, 5.41) is 13.8. The minimum absolute atomic E-state index is 0.130. The molecule has 0 aromatic carbocycles. The lowest BCUT2D eigenvalue weighted by Gasteiger charge is -2.20. The normalized spacial score (nSPS) is 12.5. The van der Waals surface area contributed by atoms with Crippen molar-refractivity contribution in [1.29, 1.82) is 0 Å². The number of aliphatic hydroxyl groups excluding tert-OH is 1.